The molecule has 24 heavy (non-hydrogen) atoms. The van der Waals surface area contributed by atoms with E-state index in [2.05, 4.69) is 16.7 Å². The Balaban J connectivity index is 1.84. The van der Waals surface area contributed by atoms with Crippen LogP contribution in [0.1, 0.15) is 32.3 Å². The molecule has 1 heterocycles. The van der Waals surface area contributed by atoms with Gasteiger partial charge in [-0.15, -0.1) is 0 Å². The predicted molar refractivity (Wildman–Crippen MR) is 95.0 cm³/mol. The van der Waals surface area contributed by atoms with E-state index >= 15 is 0 Å². The smallest absolute Gasteiger partial charge is 0.298 e. The van der Waals surface area contributed by atoms with E-state index in [1.165, 1.54) is 6.07 Å². The van der Waals surface area contributed by atoms with Gasteiger partial charge in [-0.2, -0.15) is 0 Å². The van der Waals surface area contributed by atoms with Crippen LogP contribution in [-0.4, -0.2) is 48.4 Å². The number of piperidine rings is 1. The average molecular weight is 330 g/mol. The molecule has 0 aliphatic carbocycles. The van der Waals surface area contributed by atoms with Crippen molar-refractivity contribution in [3.8, 4) is 11.8 Å². The van der Waals surface area contributed by atoms with Gasteiger partial charge in [-0.25, -0.2) is 4.39 Å². The largest absolute Gasteiger partial charge is 0.332 e. The minimum absolute atomic E-state index is 0.0723. The first-order chi connectivity index (χ1) is 11.6. The third kappa shape index (κ3) is 5.65. The molecule has 0 saturated carbocycles. The Labute approximate surface area is 144 Å². The van der Waals surface area contributed by atoms with Crippen molar-refractivity contribution in [2.45, 2.75) is 33.1 Å². The second-order valence-electron chi connectivity index (χ2n) is 6.41. The van der Waals surface area contributed by atoms with Crippen LogP contribution in [0.15, 0.2) is 24.3 Å². The van der Waals surface area contributed by atoms with Crippen molar-refractivity contribution in [1.29, 1.82) is 0 Å². The van der Waals surface area contributed by atoms with E-state index in [1.54, 1.807) is 19.1 Å². The topological polar surface area (TPSA) is 23.6 Å². The van der Waals surface area contributed by atoms with Crippen molar-refractivity contribution in [2.75, 3.05) is 32.7 Å². The van der Waals surface area contributed by atoms with Gasteiger partial charge in [0.25, 0.3) is 5.91 Å². The van der Waals surface area contributed by atoms with E-state index in [-0.39, 0.29) is 11.7 Å². The summed E-state index contributed by atoms with van der Waals surface area (Å²) in [6, 6.07) is 6.84. The summed E-state index contributed by atoms with van der Waals surface area (Å²) in [6.07, 6.45) is 3.17. The van der Waals surface area contributed by atoms with E-state index in [9.17, 15) is 9.18 Å². The molecule has 1 aliphatic rings. The van der Waals surface area contributed by atoms with Crippen molar-refractivity contribution in [2.24, 2.45) is 5.92 Å². The molecule has 1 atom stereocenters. The molecule has 0 bridgehead atoms. The Morgan fingerprint density at radius 2 is 2.29 bits per heavy atom. The van der Waals surface area contributed by atoms with Crippen molar-refractivity contribution in [3.05, 3.63) is 35.6 Å². The Hall–Kier alpha value is -1.86. The van der Waals surface area contributed by atoms with Gasteiger partial charge in [0.1, 0.15) is 5.82 Å². The molecular formula is C20H27FN2O. The third-order valence-electron chi connectivity index (χ3n) is 4.59. The lowest BCUT2D eigenvalue weighted by Crippen LogP contribution is -2.43. The Morgan fingerprint density at radius 1 is 1.46 bits per heavy atom. The highest BCUT2D eigenvalue weighted by atomic mass is 19.1. The molecule has 1 aromatic rings. The fourth-order valence-electron chi connectivity index (χ4n) is 3.34. The quantitative estimate of drug-likeness (QED) is 0.749. The number of carbonyl (C=O) groups excluding carboxylic acids is 1. The molecule has 2 rings (SSSR count). The zero-order valence-corrected chi connectivity index (χ0v) is 14.7. The zero-order chi connectivity index (χ0) is 17.4. The number of hydrogen-bond donors (Lipinski definition) is 0. The second kappa shape index (κ2) is 9.44. The molecule has 1 aromatic carbocycles. The molecule has 0 spiro atoms. The van der Waals surface area contributed by atoms with Crippen LogP contribution in [0.2, 0.25) is 0 Å². The molecule has 1 saturated heterocycles. The molecular weight excluding hydrogens is 303 g/mol. The summed E-state index contributed by atoms with van der Waals surface area (Å²) in [4.78, 5) is 16.3. The monoisotopic (exact) mass is 330 g/mol. The summed E-state index contributed by atoms with van der Waals surface area (Å²) in [7, 11) is 0. The Morgan fingerprint density at radius 3 is 3.00 bits per heavy atom. The van der Waals surface area contributed by atoms with Crippen LogP contribution in [-0.2, 0) is 11.2 Å². The number of carbonyl (C=O) groups is 1. The van der Waals surface area contributed by atoms with Gasteiger partial charge in [0.15, 0.2) is 0 Å². The highest BCUT2D eigenvalue weighted by Crippen LogP contribution is 2.18. The number of rotatable bonds is 6. The van der Waals surface area contributed by atoms with Gasteiger partial charge >= 0.3 is 0 Å². The predicted octanol–water partition coefficient (Wildman–Crippen LogP) is 2.95. The minimum Gasteiger partial charge on any atom is -0.332 e. The van der Waals surface area contributed by atoms with Gasteiger partial charge in [0.05, 0.1) is 0 Å². The number of halogens is 1. The van der Waals surface area contributed by atoms with Gasteiger partial charge in [0.2, 0.25) is 0 Å². The van der Waals surface area contributed by atoms with E-state index in [1.807, 2.05) is 17.9 Å². The summed E-state index contributed by atoms with van der Waals surface area (Å²) in [5, 5.41) is 0. The van der Waals surface area contributed by atoms with Crippen molar-refractivity contribution >= 4 is 5.91 Å². The second-order valence-corrected chi connectivity index (χ2v) is 6.41. The fraction of sp³-hybridized carbons (Fsp3) is 0.550. The van der Waals surface area contributed by atoms with Crippen LogP contribution >= 0.6 is 0 Å². The zero-order valence-electron chi connectivity index (χ0n) is 14.7. The van der Waals surface area contributed by atoms with Gasteiger partial charge in [-0.05, 0) is 69.2 Å². The SMILES string of the molecule is CC#CC(=O)N(CC)CC1CCCN(CCc2cccc(F)c2)C1. The minimum atomic E-state index is -0.168. The third-order valence-corrected chi connectivity index (χ3v) is 4.59. The molecule has 4 heteroatoms. The molecule has 0 radical (unpaired) electrons. The van der Waals surface area contributed by atoms with E-state index in [0.29, 0.717) is 12.5 Å². The molecule has 1 amide bonds. The Kier molecular flexibility index (Phi) is 7.27. The molecule has 130 valence electrons. The van der Waals surface area contributed by atoms with Crippen molar-refractivity contribution in [1.82, 2.24) is 9.80 Å². The maximum absolute atomic E-state index is 13.3. The highest BCUT2D eigenvalue weighted by molar-refractivity contribution is 5.93. The number of nitrogens with zero attached hydrogens (tertiary/aromatic N) is 2. The number of benzene rings is 1. The average Bonchev–Trinajstić information content (AvgIpc) is 2.58. The van der Waals surface area contributed by atoms with E-state index in [0.717, 1.165) is 51.0 Å². The van der Waals surface area contributed by atoms with Crippen LogP contribution in [0.4, 0.5) is 4.39 Å². The van der Waals surface area contributed by atoms with Gasteiger partial charge in [-0.1, -0.05) is 18.1 Å². The van der Waals surface area contributed by atoms with Crippen molar-refractivity contribution in [3.63, 3.8) is 0 Å². The van der Waals surface area contributed by atoms with Crippen LogP contribution < -0.4 is 0 Å². The first-order valence-corrected chi connectivity index (χ1v) is 8.80. The summed E-state index contributed by atoms with van der Waals surface area (Å²) in [5.41, 5.74) is 1.04. The number of amides is 1. The maximum Gasteiger partial charge on any atom is 0.298 e. The highest BCUT2D eigenvalue weighted by Gasteiger charge is 2.23. The number of likely N-dealkylation sites (tertiary alicyclic amines) is 1. The molecule has 1 unspecified atom stereocenters. The van der Waals surface area contributed by atoms with Crippen LogP contribution in [0.5, 0.6) is 0 Å². The van der Waals surface area contributed by atoms with Gasteiger partial charge in [-0.3, -0.25) is 4.79 Å². The lowest BCUT2D eigenvalue weighted by Gasteiger charge is -2.35. The van der Waals surface area contributed by atoms with Crippen LogP contribution in [0.25, 0.3) is 0 Å². The Bertz CT molecular complexity index is 605. The fourth-order valence-corrected chi connectivity index (χ4v) is 3.34. The van der Waals surface area contributed by atoms with Gasteiger partial charge < -0.3 is 9.80 Å². The van der Waals surface area contributed by atoms with Crippen LogP contribution in [0.3, 0.4) is 0 Å². The lowest BCUT2D eigenvalue weighted by atomic mass is 9.97. The molecule has 0 aromatic heterocycles. The summed E-state index contributed by atoms with van der Waals surface area (Å²) in [5.74, 6) is 5.58. The lowest BCUT2D eigenvalue weighted by molar-refractivity contribution is -0.125. The standard InChI is InChI=1S/C20H27FN2O/c1-3-7-20(24)23(4-2)16-18-9-6-12-22(15-18)13-11-17-8-5-10-19(21)14-17/h5,8,10,14,18H,4,6,9,11-13,15-16H2,1-2H3. The summed E-state index contributed by atoms with van der Waals surface area (Å²) >= 11 is 0. The van der Waals surface area contributed by atoms with Crippen molar-refractivity contribution < 1.29 is 9.18 Å². The number of hydrogen-bond acceptors (Lipinski definition) is 2. The first-order valence-electron chi connectivity index (χ1n) is 8.80. The summed E-state index contributed by atoms with van der Waals surface area (Å²) < 4.78 is 13.3. The molecule has 1 fully saturated rings. The van der Waals surface area contributed by atoms with Gasteiger partial charge in [0, 0.05) is 26.2 Å². The summed E-state index contributed by atoms with van der Waals surface area (Å²) in [6.45, 7) is 8.20. The maximum atomic E-state index is 13.3. The first kappa shape index (κ1) is 18.5. The molecule has 0 N–H and O–H groups in total. The van der Waals surface area contributed by atoms with E-state index in [4.69, 9.17) is 0 Å². The normalized spacial score (nSPS) is 17.9. The van der Waals surface area contributed by atoms with Crippen LogP contribution in [0, 0.1) is 23.6 Å². The molecule has 1 aliphatic heterocycles. The van der Waals surface area contributed by atoms with E-state index < -0.39 is 0 Å². The molecule has 3 nitrogen and oxygen atoms in total.